The Morgan fingerprint density at radius 2 is 2.18 bits per heavy atom. The molecule has 0 saturated carbocycles. The molecule has 1 amide bonds. The van der Waals surface area contributed by atoms with Crippen LogP contribution in [0.2, 0.25) is 0 Å². The van der Waals surface area contributed by atoms with Gasteiger partial charge in [0.15, 0.2) is 11.5 Å². The van der Waals surface area contributed by atoms with Gasteiger partial charge in [0.25, 0.3) is 5.91 Å². The van der Waals surface area contributed by atoms with Crippen molar-refractivity contribution in [3.8, 4) is 11.3 Å². The maximum absolute atomic E-state index is 12.5. The van der Waals surface area contributed by atoms with Crippen molar-refractivity contribution in [1.29, 1.82) is 0 Å². The van der Waals surface area contributed by atoms with Crippen LogP contribution in [-0.2, 0) is 13.1 Å². The van der Waals surface area contributed by atoms with E-state index in [9.17, 15) is 4.79 Å². The number of rotatable bonds is 6. The van der Waals surface area contributed by atoms with Gasteiger partial charge in [-0.25, -0.2) is 4.98 Å². The van der Waals surface area contributed by atoms with E-state index in [-0.39, 0.29) is 11.6 Å². The van der Waals surface area contributed by atoms with Gasteiger partial charge in [0, 0.05) is 43.4 Å². The lowest BCUT2D eigenvalue weighted by Gasteiger charge is -2.08. The number of nitrogens with one attached hydrogen (secondary N) is 1. The van der Waals surface area contributed by atoms with Crippen molar-refractivity contribution in [2.24, 2.45) is 0 Å². The van der Waals surface area contributed by atoms with Gasteiger partial charge in [-0.1, -0.05) is 17.3 Å². The Morgan fingerprint density at radius 3 is 2.93 bits per heavy atom. The Kier molecular flexibility index (Phi) is 4.76. The quantitative estimate of drug-likeness (QED) is 0.557. The molecule has 0 bridgehead atoms. The number of hydrogen-bond acceptors (Lipinski definition) is 5. The van der Waals surface area contributed by atoms with Gasteiger partial charge in [-0.3, -0.25) is 9.48 Å². The number of carbonyl (C=O) groups is 1. The van der Waals surface area contributed by atoms with Crippen molar-refractivity contribution in [3.05, 3.63) is 72.2 Å². The summed E-state index contributed by atoms with van der Waals surface area (Å²) >= 11 is 0. The molecule has 8 heteroatoms. The summed E-state index contributed by atoms with van der Waals surface area (Å²) in [4.78, 5) is 16.8. The standard InChI is InChI=1S/C20H20N6O2/c1-3-26-13-16(11-22-26)19-10-18(24-28-19)20(27)23-17-6-4-5-15(9-17)12-25-8-7-21-14(25)2/h4-11,13H,3,12H2,1-2H3,(H,23,27). The zero-order valence-corrected chi connectivity index (χ0v) is 15.7. The third-order valence-corrected chi connectivity index (χ3v) is 4.45. The summed E-state index contributed by atoms with van der Waals surface area (Å²) in [7, 11) is 0. The largest absolute Gasteiger partial charge is 0.355 e. The van der Waals surface area contributed by atoms with Crippen LogP contribution in [0.4, 0.5) is 5.69 Å². The molecule has 4 aromatic rings. The summed E-state index contributed by atoms with van der Waals surface area (Å²) in [6.45, 7) is 5.40. The van der Waals surface area contributed by atoms with Gasteiger partial charge in [-0.05, 0) is 31.5 Å². The molecule has 0 unspecified atom stereocenters. The first-order chi connectivity index (χ1) is 13.6. The highest BCUT2D eigenvalue weighted by Crippen LogP contribution is 2.20. The van der Waals surface area contributed by atoms with Gasteiger partial charge in [0.1, 0.15) is 5.82 Å². The second-order valence-electron chi connectivity index (χ2n) is 6.42. The van der Waals surface area contributed by atoms with Crippen LogP contribution in [-0.4, -0.2) is 30.4 Å². The fourth-order valence-corrected chi connectivity index (χ4v) is 2.89. The van der Waals surface area contributed by atoms with E-state index in [2.05, 4.69) is 20.6 Å². The molecule has 0 atom stereocenters. The molecule has 1 N–H and O–H groups in total. The van der Waals surface area contributed by atoms with Crippen molar-refractivity contribution in [2.45, 2.75) is 26.9 Å². The molecule has 1 aromatic carbocycles. The topological polar surface area (TPSA) is 90.8 Å². The summed E-state index contributed by atoms with van der Waals surface area (Å²) in [6, 6.07) is 9.31. The second-order valence-corrected chi connectivity index (χ2v) is 6.42. The highest BCUT2D eigenvalue weighted by atomic mass is 16.5. The average molecular weight is 376 g/mol. The van der Waals surface area contributed by atoms with Crippen molar-refractivity contribution >= 4 is 11.6 Å². The molecule has 0 aliphatic carbocycles. The normalized spacial score (nSPS) is 10.9. The zero-order chi connectivity index (χ0) is 19.5. The third-order valence-electron chi connectivity index (χ3n) is 4.45. The summed E-state index contributed by atoms with van der Waals surface area (Å²) in [5, 5.41) is 11.0. The van der Waals surface area contributed by atoms with Crippen LogP contribution >= 0.6 is 0 Å². The first kappa shape index (κ1) is 17.7. The highest BCUT2D eigenvalue weighted by Gasteiger charge is 2.15. The number of hydrogen-bond donors (Lipinski definition) is 1. The number of nitrogens with zero attached hydrogens (tertiary/aromatic N) is 5. The maximum Gasteiger partial charge on any atom is 0.277 e. The fourth-order valence-electron chi connectivity index (χ4n) is 2.89. The molecule has 0 radical (unpaired) electrons. The number of imidazole rings is 1. The van der Waals surface area contributed by atoms with Crippen molar-refractivity contribution < 1.29 is 9.32 Å². The van der Waals surface area contributed by atoms with Crippen LogP contribution in [0.5, 0.6) is 0 Å². The number of benzene rings is 1. The summed E-state index contributed by atoms with van der Waals surface area (Å²) in [6.07, 6.45) is 7.24. The van der Waals surface area contributed by atoms with Crippen molar-refractivity contribution in [3.63, 3.8) is 0 Å². The molecule has 0 saturated heterocycles. The maximum atomic E-state index is 12.5. The molecule has 8 nitrogen and oxygen atoms in total. The molecular formula is C20H20N6O2. The SMILES string of the molecule is CCn1cc(-c2cc(C(=O)Nc3cccc(Cn4ccnc4C)c3)no2)cn1. The van der Waals surface area contributed by atoms with Crippen LogP contribution < -0.4 is 5.32 Å². The summed E-state index contributed by atoms with van der Waals surface area (Å²) in [5.74, 6) is 1.12. The number of anilines is 1. The lowest BCUT2D eigenvalue weighted by atomic mass is 10.2. The molecule has 0 aliphatic heterocycles. The molecule has 0 spiro atoms. The second kappa shape index (κ2) is 7.51. The number of amides is 1. The smallest absolute Gasteiger partial charge is 0.277 e. The van der Waals surface area contributed by atoms with Crippen LogP contribution in [0.1, 0.15) is 28.8 Å². The van der Waals surface area contributed by atoms with E-state index in [1.807, 2.05) is 55.1 Å². The number of aromatic nitrogens is 5. The highest BCUT2D eigenvalue weighted by molar-refractivity contribution is 6.03. The molecule has 3 heterocycles. The minimum absolute atomic E-state index is 0.218. The minimum Gasteiger partial charge on any atom is -0.355 e. The van der Waals surface area contributed by atoms with Crippen LogP contribution in [0, 0.1) is 6.92 Å². The molecule has 28 heavy (non-hydrogen) atoms. The number of carbonyl (C=O) groups excluding carboxylic acids is 1. The average Bonchev–Trinajstić information content (AvgIpc) is 3.43. The molecular weight excluding hydrogens is 356 g/mol. The van der Waals surface area contributed by atoms with Gasteiger partial charge < -0.3 is 14.4 Å². The predicted molar refractivity (Wildman–Crippen MR) is 104 cm³/mol. The predicted octanol–water partition coefficient (Wildman–Crippen LogP) is 3.36. The van der Waals surface area contributed by atoms with Gasteiger partial charge in [0.2, 0.25) is 0 Å². The summed E-state index contributed by atoms with van der Waals surface area (Å²) < 4.78 is 9.13. The first-order valence-electron chi connectivity index (χ1n) is 9.00. The minimum atomic E-state index is -0.325. The first-order valence-corrected chi connectivity index (χ1v) is 9.00. The Bertz CT molecular complexity index is 1110. The van der Waals surface area contributed by atoms with Crippen LogP contribution in [0.15, 0.2) is 59.6 Å². The Morgan fingerprint density at radius 1 is 1.29 bits per heavy atom. The molecule has 142 valence electrons. The summed E-state index contributed by atoms with van der Waals surface area (Å²) in [5.41, 5.74) is 2.76. The van der Waals surface area contributed by atoms with E-state index in [0.717, 1.165) is 23.5 Å². The van der Waals surface area contributed by atoms with E-state index in [4.69, 9.17) is 4.52 Å². The Hall–Kier alpha value is -3.68. The fraction of sp³-hybridized carbons (Fsp3) is 0.200. The van der Waals surface area contributed by atoms with E-state index in [0.29, 0.717) is 18.0 Å². The molecule has 4 rings (SSSR count). The number of aryl methyl sites for hydroxylation is 2. The van der Waals surface area contributed by atoms with E-state index >= 15 is 0 Å². The zero-order valence-electron chi connectivity index (χ0n) is 15.7. The van der Waals surface area contributed by atoms with Crippen molar-refractivity contribution in [2.75, 3.05) is 5.32 Å². The van der Waals surface area contributed by atoms with Crippen LogP contribution in [0.25, 0.3) is 11.3 Å². The molecule has 0 fully saturated rings. The third kappa shape index (κ3) is 3.71. The van der Waals surface area contributed by atoms with Gasteiger partial charge in [-0.2, -0.15) is 5.10 Å². The van der Waals surface area contributed by atoms with Gasteiger partial charge in [-0.15, -0.1) is 0 Å². The molecule has 0 aliphatic rings. The van der Waals surface area contributed by atoms with E-state index in [1.54, 1.807) is 23.1 Å². The Labute approximate surface area is 161 Å². The molecule has 3 aromatic heterocycles. The lowest BCUT2D eigenvalue weighted by molar-refractivity contribution is 0.101. The monoisotopic (exact) mass is 376 g/mol. The van der Waals surface area contributed by atoms with E-state index in [1.165, 1.54) is 0 Å². The van der Waals surface area contributed by atoms with Crippen LogP contribution in [0.3, 0.4) is 0 Å². The Balaban J connectivity index is 1.46. The van der Waals surface area contributed by atoms with Crippen molar-refractivity contribution in [1.82, 2.24) is 24.5 Å². The van der Waals surface area contributed by atoms with E-state index < -0.39 is 0 Å². The van der Waals surface area contributed by atoms with Gasteiger partial charge >= 0.3 is 0 Å². The van der Waals surface area contributed by atoms with Gasteiger partial charge in [0.05, 0.1) is 11.8 Å². The lowest BCUT2D eigenvalue weighted by Crippen LogP contribution is -2.12.